The number of ketones is 1. The number of oxazole rings is 1. The number of allylic oxidation sites excluding steroid dienone is 2. The van der Waals surface area contributed by atoms with E-state index >= 15 is 0 Å². The predicted octanol–water partition coefficient (Wildman–Crippen LogP) is 5.46. The molecule has 136 valence electrons. The SMILES string of the molecule is CCCCCOC1C=CC(c2cnc(-c3ccc(C(C)=O)cc3)o2)=CC1. The maximum Gasteiger partial charge on any atom is 0.226 e. The molecule has 0 N–H and O–H groups in total. The van der Waals surface area contributed by atoms with Crippen molar-refractivity contribution in [3.05, 3.63) is 60.0 Å². The number of rotatable bonds is 8. The molecule has 3 rings (SSSR count). The van der Waals surface area contributed by atoms with Gasteiger partial charge in [0.2, 0.25) is 5.89 Å². The van der Waals surface area contributed by atoms with E-state index in [2.05, 4.69) is 24.1 Å². The van der Waals surface area contributed by atoms with Crippen molar-refractivity contribution in [3.63, 3.8) is 0 Å². The van der Waals surface area contributed by atoms with Gasteiger partial charge in [-0.1, -0.05) is 50.1 Å². The maximum absolute atomic E-state index is 11.4. The second-order valence-electron chi connectivity index (χ2n) is 6.53. The molecule has 0 fully saturated rings. The van der Waals surface area contributed by atoms with Crippen LogP contribution < -0.4 is 0 Å². The predicted molar refractivity (Wildman–Crippen MR) is 103 cm³/mol. The van der Waals surface area contributed by atoms with E-state index < -0.39 is 0 Å². The third-order valence-electron chi connectivity index (χ3n) is 4.47. The van der Waals surface area contributed by atoms with Gasteiger partial charge < -0.3 is 9.15 Å². The van der Waals surface area contributed by atoms with E-state index in [-0.39, 0.29) is 11.9 Å². The van der Waals surface area contributed by atoms with Crippen LogP contribution in [0.15, 0.2) is 53.1 Å². The minimum absolute atomic E-state index is 0.0496. The van der Waals surface area contributed by atoms with E-state index in [0.717, 1.165) is 36.3 Å². The molecule has 4 heteroatoms. The zero-order valence-corrected chi connectivity index (χ0v) is 15.4. The molecule has 0 aliphatic heterocycles. The summed E-state index contributed by atoms with van der Waals surface area (Å²) < 4.78 is 11.8. The molecule has 1 aliphatic rings. The Balaban J connectivity index is 1.61. The Morgan fingerprint density at radius 3 is 2.73 bits per heavy atom. The molecule has 1 heterocycles. The Bertz CT molecular complexity index is 799. The summed E-state index contributed by atoms with van der Waals surface area (Å²) in [6.45, 7) is 4.56. The molecule has 1 unspecified atom stereocenters. The van der Waals surface area contributed by atoms with E-state index in [0.29, 0.717) is 11.5 Å². The van der Waals surface area contributed by atoms with Gasteiger partial charge in [-0.25, -0.2) is 4.98 Å². The second kappa shape index (κ2) is 8.77. The number of carbonyl (C=O) groups is 1. The Labute approximate surface area is 154 Å². The van der Waals surface area contributed by atoms with Crippen LogP contribution in [0.25, 0.3) is 17.0 Å². The van der Waals surface area contributed by atoms with Gasteiger partial charge in [-0.15, -0.1) is 0 Å². The van der Waals surface area contributed by atoms with E-state index in [1.165, 1.54) is 12.8 Å². The zero-order valence-electron chi connectivity index (χ0n) is 15.4. The summed E-state index contributed by atoms with van der Waals surface area (Å²) in [4.78, 5) is 15.7. The van der Waals surface area contributed by atoms with Gasteiger partial charge in [0.25, 0.3) is 0 Å². The standard InChI is InChI=1S/C22H25NO3/c1-3-4-5-14-25-20-12-10-18(11-13-20)21-15-23-22(26-21)19-8-6-17(7-9-19)16(2)24/h6-12,15,20H,3-5,13-14H2,1-2H3. The molecule has 1 aromatic carbocycles. The average molecular weight is 351 g/mol. The number of unbranched alkanes of at least 4 members (excludes halogenated alkanes) is 2. The Morgan fingerprint density at radius 1 is 1.27 bits per heavy atom. The molecule has 0 saturated carbocycles. The van der Waals surface area contributed by atoms with Gasteiger partial charge in [0.1, 0.15) is 0 Å². The largest absolute Gasteiger partial charge is 0.436 e. The molecule has 26 heavy (non-hydrogen) atoms. The first kappa shape index (κ1) is 18.3. The van der Waals surface area contributed by atoms with Gasteiger partial charge in [0.05, 0.1) is 12.3 Å². The molecule has 0 bridgehead atoms. The molecule has 1 aromatic heterocycles. The van der Waals surface area contributed by atoms with Gasteiger partial charge in [-0.05, 0) is 31.9 Å². The van der Waals surface area contributed by atoms with Crippen LogP contribution in [0.2, 0.25) is 0 Å². The van der Waals surface area contributed by atoms with Gasteiger partial charge in [-0.2, -0.15) is 0 Å². The quantitative estimate of drug-likeness (QED) is 0.468. The van der Waals surface area contributed by atoms with Gasteiger partial charge in [0.15, 0.2) is 11.5 Å². The monoisotopic (exact) mass is 351 g/mol. The van der Waals surface area contributed by atoms with E-state index in [4.69, 9.17) is 9.15 Å². The van der Waals surface area contributed by atoms with Crippen LogP contribution in [0.4, 0.5) is 0 Å². The summed E-state index contributed by atoms with van der Waals surface area (Å²) in [7, 11) is 0. The zero-order chi connectivity index (χ0) is 18.4. The van der Waals surface area contributed by atoms with Crippen molar-refractivity contribution < 1.29 is 13.9 Å². The van der Waals surface area contributed by atoms with E-state index in [9.17, 15) is 4.79 Å². The number of Topliss-reactive ketones (excluding diaryl/α,β-unsaturated/α-hetero) is 1. The smallest absolute Gasteiger partial charge is 0.226 e. The van der Waals surface area contributed by atoms with Crippen molar-refractivity contribution in [3.8, 4) is 11.5 Å². The summed E-state index contributed by atoms with van der Waals surface area (Å²) in [5.74, 6) is 1.35. The first-order valence-electron chi connectivity index (χ1n) is 9.25. The molecule has 0 saturated heterocycles. The Hall–Kier alpha value is -2.46. The molecule has 2 aromatic rings. The topological polar surface area (TPSA) is 52.3 Å². The van der Waals surface area contributed by atoms with Gasteiger partial charge in [0, 0.05) is 23.3 Å². The number of carbonyl (C=O) groups excluding carboxylic acids is 1. The number of hydrogen-bond donors (Lipinski definition) is 0. The highest BCUT2D eigenvalue weighted by Gasteiger charge is 2.14. The van der Waals surface area contributed by atoms with Crippen molar-refractivity contribution in [1.29, 1.82) is 0 Å². The lowest BCUT2D eigenvalue weighted by Crippen LogP contribution is -2.12. The summed E-state index contributed by atoms with van der Waals surface area (Å²) >= 11 is 0. The van der Waals surface area contributed by atoms with Crippen LogP contribution in [0.5, 0.6) is 0 Å². The van der Waals surface area contributed by atoms with Crippen molar-refractivity contribution in [2.45, 2.75) is 45.6 Å². The number of benzene rings is 1. The fraction of sp³-hybridized carbons (Fsp3) is 0.364. The lowest BCUT2D eigenvalue weighted by atomic mass is 10.0. The number of ether oxygens (including phenoxy) is 1. The molecule has 0 radical (unpaired) electrons. The highest BCUT2D eigenvalue weighted by atomic mass is 16.5. The number of hydrogen-bond acceptors (Lipinski definition) is 4. The molecule has 0 amide bonds. The third-order valence-corrected chi connectivity index (χ3v) is 4.47. The van der Waals surface area contributed by atoms with Gasteiger partial charge in [-0.3, -0.25) is 4.79 Å². The molecule has 4 nitrogen and oxygen atoms in total. The van der Waals surface area contributed by atoms with Crippen molar-refractivity contribution in [2.24, 2.45) is 0 Å². The maximum atomic E-state index is 11.4. The highest BCUT2D eigenvalue weighted by molar-refractivity contribution is 5.94. The van der Waals surface area contributed by atoms with Crippen LogP contribution in [-0.2, 0) is 4.74 Å². The second-order valence-corrected chi connectivity index (χ2v) is 6.53. The number of aromatic nitrogens is 1. The van der Waals surface area contributed by atoms with Crippen LogP contribution in [0.3, 0.4) is 0 Å². The summed E-state index contributed by atoms with van der Waals surface area (Å²) in [6.07, 6.45) is 12.5. The van der Waals surface area contributed by atoms with Crippen LogP contribution in [-0.4, -0.2) is 23.5 Å². The minimum atomic E-state index is 0.0496. The average Bonchev–Trinajstić information content (AvgIpc) is 3.16. The fourth-order valence-electron chi connectivity index (χ4n) is 2.88. The van der Waals surface area contributed by atoms with Crippen molar-refractivity contribution >= 4 is 11.4 Å². The molecule has 1 aliphatic carbocycles. The minimum Gasteiger partial charge on any atom is -0.436 e. The summed E-state index contributed by atoms with van der Waals surface area (Å²) in [6, 6.07) is 7.30. The molecule has 1 atom stereocenters. The van der Waals surface area contributed by atoms with Crippen LogP contribution in [0, 0.1) is 0 Å². The summed E-state index contributed by atoms with van der Waals surface area (Å²) in [5.41, 5.74) is 2.57. The summed E-state index contributed by atoms with van der Waals surface area (Å²) in [5, 5.41) is 0. The van der Waals surface area contributed by atoms with Crippen LogP contribution in [0.1, 0.15) is 55.6 Å². The number of nitrogens with zero attached hydrogens (tertiary/aromatic N) is 1. The molecular formula is C22H25NO3. The Kier molecular flexibility index (Phi) is 6.18. The molecule has 0 spiro atoms. The van der Waals surface area contributed by atoms with E-state index in [1.54, 1.807) is 25.3 Å². The lowest BCUT2D eigenvalue weighted by molar-refractivity contribution is 0.0836. The van der Waals surface area contributed by atoms with Crippen molar-refractivity contribution in [2.75, 3.05) is 6.61 Å². The van der Waals surface area contributed by atoms with E-state index in [1.807, 2.05) is 18.2 Å². The first-order chi connectivity index (χ1) is 12.7. The lowest BCUT2D eigenvalue weighted by Gasteiger charge is -2.16. The fourth-order valence-corrected chi connectivity index (χ4v) is 2.88. The molecular weight excluding hydrogens is 326 g/mol. The van der Waals surface area contributed by atoms with Crippen molar-refractivity contribution in [1.82, 2.24) is 4.98 Å². The van der Waals surface area contributed by atoms with Gasteiger partial charge >= 0.3 is 0 Å². The highest BCUT2D eigenvalue weighted by Crippen LogP contribution is 2.27. The third kappa shape index (κ3) is 4.58. The normalized spacial score (nSPS) is 16.5. The Morgan fingerprint density at radius 2 is 2.08 bits per heavy atom. The van der Waals surface area contributed by atoms with Crippen LogP contribution >= 0.6 is 0 Å². The first-order valence-corrected chi connectivity index (χ1v) is 9.25.